The molecular formula is C15H24O. The van der Waals surface area contributed by atoms with E-state index in [4.69, 9.17) is 4.42 Å². The van der Waals surface area contributed by atoms with E-state index < -0.39 is 0 Å². The monoisotopic (exact) mass is 220 g/mol. The average molecular weight is 220 g/mol. The Balaban J connectivity index is 0.000000509. The maximum atomic E-state index is 5.57. The Bertz CT molecular complexity index is 399. The van der Waals surface area contributed by atoms with Crippen molar-refractivity contribution in [1.29, 1.82) is 0 Å². The number of aryl methyl sites for hydroxylation is 2. The number of benzene rings is 1. The fraction of sp³-hybridized carbons (Fsp3) is 0.467. The first-order valence-corrected chi connectivity index (χ1v) is 6.28. The van der Waals surface area contributed by atoms with Gasteiger partial charge in [0.05, 0.1) is 0 Å². The highest BCUT2D eigenvalue weighted by molar-refractivity contribution is 5.78. The molecule has 0 aliphatic heterocycles. The van der Waals surface area contributed by atoms with E-state index in [0.29, 0.717) is 0 Å². The zero-order chi connectivity index (χ0) is 12.6. The molecule has 0 amide bonds. The van der Waals surface area contributed by atoms with Crippen LogP contribution in [0.5, 0.6) is 0 Å². The van der Waals surface area contributed by atoms with Crippen molar-refractivity contribution in [2.24, 2.45) is 0 Å². The third kappa shape index (κ3) is 3.73. The zero-order valence-electron chi connectivity index (χ0n) is 11.4. The van der Waals surface area contributed by atoms with Crippen molar-refractivity contribution in [1.82, 2.24) is 0 Å². The van der Waals surface area contributed by atoms with Gasteiger partial charge in [-0.1, -0.05) is 46.2 Å². The van der Waals surface area contributed by atoms with Crippen molar-refractivity contribution in [2.75, 3.05) is 0 Å². The van der Waals surface area contributed by atoms with Crippen molar-refractivity contribution < 1.29 is 4.42 Å². The van der Waals surface area contributed by atoms with Crippen LogP contribution in [0.2, 0.25) is 0 Å². The third-order valence-electron chi connectivity index (χ3n) is 2.07. The van der Waals surface area contributed by atoms with Gasteiger partial charge in [0.15, 0.2) is 0 Å². The molecule has 0 saturated carbocycles. The summed E-state index contributed by atoms with van der Waals surface area (Å²) in [5.41, 5.74) is 2.28. The number of fused-ring (bicyclic) bond motifs is 1. The molecule has 0 aliphatic rings. The molecule has 0 fully saturated rings. The Labute approximate surface area is 99.5 Å². The van der Waals surface area contributed by atoms with E-state index >= 15 is 0 Å². The Morgan fingerprint density at radius 2 is 1.62 bits per heavy atom. The van der Waals surface area contributed by atoms with Crippen LogP contribution in [-0.2, 0) is 6.42 Å². The summed E-state index contributed by atoms with van der Waals surface area (Å²) in [6.07, 6.45) is 0.966. The lowest BCUT2D eigenvalue weighted by Gasteiger charge is -1.89. The van der Waals surface area contributed by atoms with Crippen LogP contribution in [-0.4, -0.2) is 0 Å². The van der Waals surface area contributed by atoms with Crippen LogP contribution in [0.1, 0.15) is 45.9 Å². The van der Waals surface area contributed by atoms with Crippen LogP contribution in [0.25, 0.3) is 11.0 Å². The fourth-order valence-electron chi connectivity index (χ4n) is 1.39. The van der Waals surface area contributed by atoms with Gasteiger partial charge < -0.3 is 4.42 Å². The Morgan fingerprint density at radius 3 is 2.19 bits per heavy atom. The molecule has 1 nitrogen and oxygen atoms in total. The maximum absolute atomic E-state index is 5.57. The molecule has 1 heteroatoms. The fourth-order valence-corrected chi connectivity index (χ4v) is 1.39. The predicted octanol–water partition coefficient (Wildman–Crippen LogP) is 5.36. The van der Waals surface area contributed by atoms with Crippen LogP contribution >= 0.6 is 0 Å². The molecule has 0 aliphatic carbocycles. The van der Waals surface area contributed by atoms with E-state index in [1.165, 1.54) is 10.9 Å². The van der Waals surface area contributed by atoms with Gasteiger partial charge in [-0.2, -0.15) is 0 Å². The van der Waals surface area contributed by atoms with Crippen LogP contribution < -0.4 is 0 Å². The zero-order valence-corrected chi connectivity index (χ0v) is 11.4. The van der Waals surface area contributed by atoms with Gasteiger partial charge in [0, 0.05) is 11.8 Å². The maximum Gasteiger partial charge on any atom is 0.134 e. The number of rotatable bonds is 1. The van der Waals surface area contributed by atoms with Gasteiger partial charge in [0.25, 0.3) is 0 Å². The molecule has 2 rings (SSSR count). The lowest BCUT2D eigenvalue weighted by Crippen LogP contribution is -1.68. The van der Waals surface area contributed by atoms with E-state index in [2.05, 4.69) is 32.0 Å². The van der Waals surface area contributed by atoms with E-state index in [0.717, 1.165) is 17.8 Å². The SMILES string of the molecule is CC.CC.CCc1cc2cc(C)ccc2o1. The first-order valence-electron chi connectivity index (χ1n) is 6.28. The summed E-state index contributed by atoms with van der Waals surface area (Å²) in [6, 6.07) is 8.37. The third-order valence-corrected chi connectivity index (χ3v) is 2.07. The van der Waals surface area contributed by atoms with Crippen LogP contribution in [0, 0.1) is 6.92 Å². The summed E-state index contributed by atoms with van der Waals surface area (Å²) >= 11 is 0. The molecule has 0 radical (unpaired) electrons. The molecule has 0 N–H and O–H groups in total. The summed E-state index contributed by atoms with van der Waals surface area (Å²) < 4.78 is 5.57. The van der Waals surface area contributed by atoms with Gasteiger partial charge in [-0.15, -0.1) is 0 Å². The predicted molar refractivity (Wildman–Crippen MR) is 73.0 cm³/mol. The van der Waals surface area contributed by atoms with Gasteiger partial charge in [-0.25, -0.2) is 0 Å². The van der Waals surface area contributed by atoms with Gasteiger partial charge in [-0.05, 0) is 25.1 Å². The highest BCUT2D eigenvalue weighted by Gasteiger charge is 2.00. The molecule has 0 spiro atoms. The summed E-state index contributed by atoms with van der Waals surface area (Å²) in [7, 11) is 0. The summed E-state index contributed by atoms with van der Waals surface area (Å²) in [5.74, 6) is 1.07. The quantitative estimate of drug-likeness (QED) is 0.631. The normalized spacial score (nSPS) is 8.88. The second-order valence-electron chi connectivity index (χ2n) is 3.11. The Morgan fingerprint density at radius 1 is 1.00 bits per heavy atom. The van der Waals surface area contributed by atoms with Crippen LogP contribution in [0.15, 0.2) is 28.7 Å². The average Bonchev–Trinajstić information content (AvgIpc) is 2.76. The van der Waals surface area contributed by atoms with Crippen molar-refractivity contribution in [3.05, 3.63) is 35.6 Å². The molecular weight excluding hydrogens is 196 g/mol. The molecule has 0 atom stereocenters. The smallest absolute Gasteiger partial charge is 0.134 e. The first-order chi connectivity index (χ1) is 7.79. The van der Waals surface area contributed by atoms with E-state index in [9.17, 15) is 0 Å². The molecule has 1 heterocycles. The van der Waals surface area contributed by atoms with Crippen LogP contribution in [0.3, 0.4) is 0 Å². The van der Waals surface area contributed by atoms with Crippen molar-refractivity contribution in [2.45, 2.75) is 48.0 Å². The Hall–Kier alpha value is -1.24. The molecule has 1 aromatic heterocycles. The van der Waals surface area contributed by atoms with E-state index in [-0.39, 0.29) is 0 Å². The molecule has 0 bridgehead atoms. The minimum Gasteiger partial charge on any atom is -0.461 e. The molecule has 0 unspecified atom stereocenters. The summed E-state index contributed by atoms with van der Waals surface area (Å²) in [4.78, 5) is 0. The molecule has 16 heavy (non-hydrogen) atoms. The van der Waals surface area contributed by atoms with Crippen molar-refractivity contribution in [3.63, 3.8) is 0 Å². The second kappa shape index (κ2) is 7.98. The van der Waals surface area contributed by atoms with Crippen LogP contribution in [0.4, 0.5) is 0 Å². The van der Waals surface area contributed by atoms with Gasteiger partial charge >= 0.3 is 0 Å². The van der Waals surface area contributed by atoms with E-state index in [1.807, 2.05) is 33.8 Å². The standard InChI is InChI=1S/C11H12O.2C2H6/c1-3-10-7-9-6-8(2)4-5-11(9)12-10;2*1-2/h4-7H,3H2,1-2H3;2*1-2H3. The highest BCUT2D eigenvalue weighted by atomic mass is 16.3. The molecule has 0 saturated heterocycles. The minimum atomic E-state index is 0.966. The summed E-state index contributed by atoms with van der Waals surface area (Å²) in [6.45, 7) is 12.2. The van der Waals surface area contributed by atoms with Gasteiger partial charge in [0.2, 0.25) is 0 Å². The molecule has 2 aromatic rings. The lowest BCUT2D eigenvalue weighted by molar-refractivity contribution is 0.557. The highest BCUT2D eigenvalue weighted by Crippen LogP contribution is 2.20. The number of hydrogen-bond donors (Lipinski definition) is 0. The van der Waals surface area contributed by atoms with Crippen molar-refractivity contribution >= 4 is 11.0 Å². The number of hydrogen-bond acceptors (Lipinski definition) is 1. The van der Waals surface area contributed by atoms with Gasteiger partial charge in [0.1, 0.15) is 11.3 Å². The Kier molecular flexibility index (Phi) is 7.36. The summed E-state index contributed by atoms with van der Waals surface area (Å²) in [5, 5.41) is 1.21. The topological polar surface area (TPSA) is 13.1 Å². The largest absolute Gasteiger partial charge is 0.461 e. The number of furan rings is 1. The van der Waals surface area contributed by atoms with E-state index in [1.54, 1.807) is 0 Å². The minimum absolute atomic E-state index is 0.966. The lowest BCUT2D eigenvalue weighted by atomic mass is 10.2. The second-order valence-corrected chi connectivity index (χ2v) is 3.11. The van der Waals surface area contributed by atoms with Crippen molar-refractivity contribution in [3.8, 4) is 0 Å². The molecule has 1 aromatic carbocycles. The van der Waals surface area contributed by atoms with Gasteiger partial charge in [-0.3, -0.25) is 0 Å². The first kappa shape index (κ1) is 14.8. The molecule has 90 valence electrons.